The van der Waals surface area contributed by atoms with Crippen LogP contribution in [-0.4, -0.2) is 17.1 Å². The highest BCUT2D eigenvalue weighted by molar-refractivity contribution is 5.73. The van der Waals surface area contributed by atoms with E-state index in [1.54, 1.807) is 0 Å². The number of nitrogens with two attached hydrogens (primary N) is 1. The SMILES string of the molecule is C=CCC(N)C(=O)O.CC. The monoisotopic (exact) mass is 145 g/mol. The minimum Gasteiger partial charge on any atom is -0.480 e. The summed E-state index contributed by atoms with van der Waals surface area (Å²) in [5, 5.41) is 8.14. The maximum Gasteiger partial charge on any atom is 0.320 e. The van der Waals surface area contributed by atoms with E-state index in [9.17, 15) is 4.79 Å². The van der Waals surface area contributed by atoms with E-state index in [1.165, 1.54) is 6.08 Å². The first-order chi connectivity index (χ1) is 4.68. The second kappa shape index (κ2) is 8.17. The first-order valence-corrected chi connectivity index (χ1v) is 3.27. The van der Waals surface area contributed by atoms with Gasteiger partial charge in [-0.25, -0.2) is 0 Å². The van der Waals surface area contributed by atoms with Gasteiger partial charge in [-0.2, -0.15) is 0 Å². The molecule has 0 aliphatic heterocycles. The van der Waals surface area contributed by atoms with Crippen LogP contribution in [0.25, 0.3) is 0 Å². The van der Waals surface area contributed by atoms with Gasteiger partial charge in [0.1, 0.15) is 6.04 Å². The van der Waals surface area contributed by atoms with Crippen LogP contribution in [0.5, 0.6) is 0 Å². The molecule has 0 bridgehead atoms. The summed E-state index contributed by atoms with van der Waals surface area (Å²) in [5.41, 5.74) is 5.06. The first-order valence-electron chi connectivity index (χ1n) is 3.27. The van der Waals surface area contributed by atoms with Gasteiger partial charge >= 0.3 is 5.97 Å². The van der Waals surface area contributed by atoms with E-state index in [0.717, 1.165) is 0 Å². The van der Waals surface area contributed by atoms with Crippen molar-refractivity contribution in [2.75, 3.05) is 0 Å². The largest absolute Gasteiger partial charge is 0.480 e. The van der Waals surface area contributed by atoms with Crippen LogP contribution in [-0.2, 0) is 4.79 Å². The van der Waals surface area contributed by atoms with Gasteiger partial charge in [0.25, 0.3) is 0 Å². The number of carboxylic acids is 1. The molecule has 0 amide bonds. The summed E-state index contributed by atoms with van der Waals surface area (Å²) in [5.74, 6) is -0.982. The van der Waals surface area contributed by atoms with Crippen LogP contribution >= 0.6 is 0 Å². The van der Waals surface area contributed by atoms with Crippen molar-refractivity contribution in [3.63, 3.8) is 0 Å². The van der Waals surface area contributed by atoms with Gasteiger partial charge in [0.05, 0.1) is 0 Å². The Balaban J connectivity index is 0. The zero-order valence-electron chi connectivity index (χ0n) is 6.50. The summed E-state index contributed by atoms with van der Waals surface area (Å²) in [4.78, 5) is 9.92. The fourth-order valence-electron chi connectivity index (χ4n) is 0.280. The molecule has 60 valence electrons. The van der Waals surface area contributed by atoms with Crippen LogP contribution in [0.4, 0.5) is 0 Å². The standard InChI is InChI=1S/C5H9NO2.C2H6/c1-2-3-4(6)5(7)8;1-2/h2,4H,1,3,6H2,(H,7,8);1-2H3. The van der Waals surface area contributed by atoms with E-state index < -0.39 is 12.0 Å². The maximum atomic E-state index is 9.92. The second-order valence-electron chi connectivity index (χ2n) is 1.47. The van der Waals surface area contributed by atoms with Crippen LogP contribution in [0.15, 0.2) is 12.7 Å². The number of carboxylic acid groups (broad SMARTS) is 1. The quantitative estimate of drug-likeness (QED) is 0.582. The minimum absolute atomic E-state index is 0.329. The average Bonchev–Trinajstić information content (AvgIpc) is 1.93. The van der Waals surface area contributed by atoms with Crippen molar-refractivity contribution < 1.29 is 9.90 Å². The van der Waals surface area contributed by atoms with Gasteiger partial charge in [0.2, 0.25) is 0 Å². The van der Waals surface area contributed by atoms with E-state index in [2.05, 4.69) is 6.58 Å². The summed E-state index contributed by atoms with van der Waals surface area (Å²) in [7, 11) is 0. The highest BCUT2D eigenvalue weighted by Crippen LogP contribution is 1.86. The Hall–Kier alpha value is -0.830. The molecule has 0 radical (unpaired) electrons. The minimum atomic E-state index is -0.982. The van der Waals surface area contributed by atoms with Gasteiger partial charge in [-0.15, -0.1) is 6.58 Å². The molecule has 0 heterocycles. The molecule has 0 saturated carbocycles. The molecule has 3 nitrogen and oxygen atoms in total. The second-order valence-corrected chi connectivity index (χ2v) is 1.47. The van der Waals surface area contributed by atoms with E-state index in [0.29, 0.717) is 6.42 Å². The van der Waals surface area contributed by atoms with Crippen molar-refractivity contribution in [1.82, 2.24) is 0 Å². The maximum absolute atomic E-state index is 9.92. The van der Waals surface area contributed by atoms with Crippen LogP contribution in [0.2, 0.25) is 0 Å². The number of aliphatic carboxylic acids is 1. The summed E-state index contributed by atoms with van der Waals surface area (Å²) >= 11 is 0. The molecule has 1 atom stereocenters. The van der Waals surface area contributed by atoms with Crippen molar-refractivity contribution >= 4 is 5.97 Å². The van der Waals surface area contributed by atoms with Crippen molar-refractivity contribution in [2.45, 2.75) is 26.3 Å². The highest BCUT2D eigenvalue weighted by Gasteiger charge is 2.06. The van der Waals surface area contributed by atoms with E-state index in [4.69, 9.17) is 10.8 Å². The van der Waals surface area contributed by atoms with Gasteiger partial charge in [-0.1, -0.05) is 19.9 Å². The van der Waals surface area contributed by atoms with E-state index in [1.807, 2.05) is 13.8 Å². The molecule has 0 rings (SSSR count). The number of hydrogen-bond donors (Lipinski definition) is 2. The molecule has 1 unspecified atom stereocenters. The molecule has 10 heavy (non-hydrogen) atoms. The zero-order chi connectivity index (χ0) is 8.57. The Bertz CT molecular complexity index is 102. The third kappa shape index (κ3) is 7.17. The van der Waals surface area contributed by atoms with Crippen LogP contribution in [0.1, 0.15) is 20.3 Å². The molecule has 0 saturated heterocycles. The van der Waals surface area contributed by atoms with Crippen LogP contribution < -0.4 is 5.73 Å². The fourth-order valence-corrected chi connectivity index (χ4v) is 0.280. The third-order valence-corrected chi connectivity index (χ3v) is 0.738. The van der Waals surface area contributed by atoms with E-state index in [-0.39, 0.29) is 0 Å². The fraction of sp³-hybridized carbons (Fsp3) is 0.571. The lowest BCUT2D eigenvalue weighted by atomic mass is 10.2. The first kappa shape index (κ1) is 11.9. The van der Waals surface area contributed by atoms with Crippen LogP contribution in [0.3, 0.4) is 0 Å². The Morgan fingerprint density at radius 1 is 1.80 bits per heavy atom. The Morgan fingerprint density at radius 2 is 2.20 bits per heavy atom. The lowest BCUT2D eigenvalue weighted by Crippen LogP contribution is -2.28. The molecule has 0 aromatic rings. The molecular weight excluding hydrogens is 130 g/mol. The summed E-state index contributed by atoms with van der Waals surface area (Å²) in [6, 6.07) is -0.785. The van der Waals surface area contributed by atoms with Gasteiger partial charge in [0.15, 0.2) is 0 Å². The molecule has 0 fully saturated rings. The average molecular weight is 145 g/mol. The predicted molar refractivity (Wildman–Crippen MR) is 41.8 cm³/mol. The summed E-state index contributed by atoms with van der Waals surface area (Å²) < 4.78 is 0. The summed E-state index contributed by atoms with van der Waals surface area (Å²) in [6.45, 7) is 7.34. The molecular formula is C7H15NO2. The van der Waals surface area contributed by atoms with E-state index >= 15 is 0 Å². The molecule has 3 heteroatoms. The van der Waals surface area contributed by atoms with Crippen molar-refractivity contribution in [2.24, 2.45) is 5.73 Å². The topological polar surface area (TPSA) is 63.3 Å². The van der Waals surface area contributed by atoms with Crippen LogP contribution in [0, 0.1) is 0 Å². The molecule has 0 aliphatic carbocycles. The molecule has 0 aromatic carbocycles. The van der Waals surface area contributed by atoms with Gasteiger partial charge in [-0.3, -0.25) is 4.79 Å². The number of carbonyl (C=O) groups is 1. The van der Waals surface area contributed by atoms with Gasteiger partial charge < -0.3 is 10.8 Å². The lowest BCUT2D eigenvalue weighted by molar-refractivity contribution is -0.138. The lowest BCUT2D eigenvalue weighted by Gasteiger charge is -1.98. The molecule has 3 N–H and O–H groups in total. The molecule has 0 aromatic heterocycles. The van der Waals surface area contributed by atoms with Crippen molar-refractivity contribution in [3.05, 3.63) is 12.7 Å². The number of rotatable bonds is 3. The zero-order valence-corrected chi connectivity index (χ0v) is 6.50. The van der Waals surface area contributed by atoms with Crippen molar-refractivity contribution in [1.29, 1.82) is 0 Å². The highest BCUT2D eigenvalue weighted by atomic mass is 16.4. The Labute approximate surface area is 61.5 Å². The Morgan fingerprint density at radius 3 is 2.30 bits per heavy atom. The third-order valence-electron chi connectivity index (χ3n) is 0.738. The predicted octanol–water partition coefficient (Wildman–Crippen LogP) is 1.00. The normalized spacial score (nSPS) is 10.7. The molecule has 0 spiro atoms. The van der Waals surface area contributed by atoms with Crippen molar-refractivity contribution in [3.8, 4) is 0 Å². The van der Waals surface area contributed by atoms with Gasteiger partial charge in [-0.05, 0) is 6.42 Å². The Kier molecular flexibility index (Phi) is 9.73. The number of hydrogen-bond acceptors (Lipinski definition) is 2. The summed E-state index contributed by atoms with van der Waals surface area (Å²) in [6.07, 6.45) is 1.81. The van der Waals surface area contributed by atoms with Gasteiger partial charge in [0, 0.05) is 0 Å². The molecule has 0 aliphatic rings. The smallest absolute Gasteiger partial charge is 0.320 e.